The van der Waals surface area contributed by atoms with Gasteiger partial charge in [0.1, 0.15) is 0 Å². The van der Waals surface area contributed by atoms with E-state index in [1.165, 1.54) is 44.5 Å². The summed E-state index contributed by atoms with van der Waals surface area (Å²) in [5, 5.41) is 0. The summed E-state index contributed by atoms with van der Waals surface area (Å²) in [5.41, 5.74) is 1.22. The summed E-state index contributed by atoms with van der Waals surface area (Å²) in [5.74, 6) is 0.787. The molecule has 80 valence electrons. The molecular weight excluding hydrogens is 170 g/mol. The van der Waals surface area contributed by atoms with Crippen molar-refractivity contribution in [2.24, 2.45) is 5.92 Å². The molecule has 1 heterocycles. The van der Waals surface area contributed by atoms with Crippen molar-refractivity contribution < 1.29 is 0 Å². The third kappa shape index (κ3) is 3.99. The molecule has 0 fully saturated rings. The molecule has 0 aromatic carbocycles. The first-order chi connectivity index (χ1) is 6.70. The summed E-state index contributed by atoms with van der Waals surface area (Å²) in [6.45, 7) is 10.9. The lowest BCUT2D eigenvalue weighted by Crippen LogP contribution is -2.28. The molecule has 1 rings (SSSR count). The van der Waals surface area contributed by atoms with Crippen molar-refractivity contribution in [3.63, 3.8) is 0 Å². The Morgan fingerprint density at radius 3 is 2.79 bits per heavy atom. The van der Waals surface area contributed by atoms with E-state index >= 15 is 0 Å². The highest BCUT2D eigenvalue weighted by Gasteiger charge is 2.09. The van der Waals surface area contributed by atoms with Crippen LogP contribution in [0.5, 0.6) is 0 Å². The van der Waals surface area contributed by atoms with E-state index in [4.69, 9.17) is 0 Å². The number of rotatable bonds is 1. The molecule has 0 N–H and O–H groups in total. The van der Waals surface area contributed by atoms with Crippen LogP contribution >= 0.6 is 0 Å². The maximum atomic E-state index is 4.05. The van der Waals surface area contributed by atoms with Crippen LogP contribution < -0.4 is 0 Å². The molecule has 0 aromatic heterocycles. The Bertz CT molecular complexity index is 205. The minimum atomic E-state index is 0.787. The van der Waals surface area contributed by atoms with Gasteiger partial charge in [-0.15, -0.1) is 0 Å². The van der Waals surface area contributed by atoms with E-state index in [0.29, 0.717) is 0 Å². The molecule has 1 unspecified atom stereocenters. The summed E-state index contributed by atoms with van der Waals surface area (Å²) in [4.78, 5) is 2.43. The number of allylic oxidation sites excluding steroid dienone is 3. The smallest absolute Gasteiger partial charge is 0.0200 e. The highest BCUT2D eigenvalue weighted by molar-refractivity contribution is 4.91. The first-order valence-electron chi connectivity index (χ1n) is 5.75. The van der Waals surface area contributed by atoms with Crippen LogP contribution in [0, 0.1) is 5.92 Å². The number of hydrogen-bond donors (Lipinski definition) is 0. The Morgan fingerprint density at radius 1 is 1.36 bits per heavy atom. The highest BCUT2D eigenvalue weighted by atomic mass is 15.1. The fraction of sp³-hybridized carbons (Fsp3) is 0.692. The quantitative estimate of drug-likeness (QED) is 0.575. The first kappa shape index (κ1) is 11.4. The molecule has 0 aliphatic carbocycles. The van der Waals surface area contributed by atoms with E-state index in [1.807, 2.05) is 0 Å². The Kier molecular flexibility index (Phi) is 4.78. The van der Waals surface area contributed by atoms with Gasteiger partial charge in [0.2, 0.25) is 0 Å². The van der Waals surface area contributed by atoms with E-state index in [-0.39, 0.29) is 0 Å². The molecule has 0 bridgehead atoms. The standard InChI is InChI=1S/C13H23N/c1-12(2)14-10-8-6-4-5-7-9-13(3)11-14/h4-5,13H,1,6-11H2,2-3H3/b5-4-. The van der Waals surface area contributed by atoms with Crippen molar-refractivity contribution >= 4 is 0 Å². The van der Waals surface area contributed by atoms with Gasteiger partial charge in [-0.1, -0.05) is 25.7 Å². The highest BCUT2D eigenvalue weighted by Crippen LogP contribution is 2.14. The van der Waals surface area contributed by atoms with Gasteiger partial charge in [0.15, 0.2) is 0 Å². The van der Waals surface area contributed by atoms with Gasteiger partial charge in [-0.05, 0) is 38.5 Å². The normalized spacial score (nSPS) is 27.0. The van der Waals surface area contributed by atoms with E-state index in [1.54, 1.807) is 0 Å². The average Bonchev–Trinajstić information content (AvgIpc) is 2.15. The van der Waals surface area contributed by atoms with Crippen molar-refractivity contribution in [1.82, 2.24) is 4.90 Å². The first-order valence-corrected chi connectivity index (χ1v) is 5.75. The van der Waals surface area contributed by atoms with Crippen molar-refractivity contribution in [1.29, 1.82) is 0 Å². The third-order valence-corrected chi connectivity index (χ3v) is 2.86. The van der Waals surface area contributed by atoms with E-state index < -0.39 is 0 Å². The monoisotopic (exact) mass is 193 g/mol. The minimum absolute atomic E-state index is 0.787. The summed E-state index contributed by atoms with van der Waals surface area (Å²) in [6.07, 6.45) is 9.70. The lowest BCUT2D eigenvalue weighted by Gasteiger charge is -2.28. The number of nitrogens with zero attached hydrogens (tertiary/aromatic N) is 1. The molecule has 1 aliphatic heterocycles. The number of hydrogen-bond acceptors (Lipinski definition) is 1. The zero-order chi connectivity index (χ0) is 10.4. The Labute approximate surface area is 88.5 Å². The van der Waals surface area contributed by atoms with Gasteiger partial charge in [0.05, 0.1) is 0 Å². The van der Waals surface area contributed by atoms with Crippen LogP contribution in [0.15, 0.2) is 24.4 Å². The summed E-state index contributed by atoms with van der Waals surface area (Å²) >= 11 is 0. The van der Waals surface area contributed by atoms with E-state index in [9.17, 15) is 0 Å². The maximum Gasteiger partial charge on any atom is 0.0200 e. The molecule has 0 saturated heterocycles. The van der Waals surface area contributed by atoms with Gasteiger partial charge in [0.25, 0.3) is 0 Å². The van der Waals surface area contributed by atoms with Crippen LogP contribution in [-0.4, -0.2) is 18.0 Å². The lowest BCUT2D eigenvalue weighted by atomic mass is 10.0. The van der Waals surface area contributed by atoms with Crippen molar-refractivity contribution in [2.75, 3.05) is 13.1 Å². The Morgan fingerprint density at radius 2 is 2.07 bits per heavy atom. The topological polar surface area (TPSA) is 3.24 Å². The molecule has 1 nitrogen and oxygen atoms in total. The van der Waals surface area contributed by atoms with Gasteiger partial charge >= 0.3 is 0 Å². The third-order valence-electron chi connectivity index (χ3n) is 2.86. The molecule has 0 aromatic rings. The van der Waals surface area contributed by atoms with Gasteiger partial charge in [0, 0.05) is 18.8 Å². The molecule has 0 saturated carbocycles. The lowest BCUT2D eigenvalue weighted by molar-refractivity contribution is 0.284. The molecule has 0 spiro atoms. The molecule has 14 heavy (non-hydrogen) atoms. The van der Waals surface area contributed by atoms with E-state index in [0.717, 1.165) is 5.92 Å². The second kappa shape index (κ2) is 5.90. The van der Waals surface area contributed by atoms with Crippen molar-refractivity contribution in [3.05, 3.63) is 24.4 Å². The Balaban J connectivity index is 2.51. The summed E-state index contributed by atoms with van der Waals surface area (Å²) in [6, 6.07) is 0. The zero-order valence-electron chi connectivity index (χ0n) is 9.63. The predicted molar refractivity (Wildman–Crippen MR) is 63.2 cm³/mol. The van der Waals surface area contributed by atoms with E-state index in [2.05, 4.69) is 37.5 Å². The van der Waals surface area contributed by atoms with Gasteiger partial charge in [-0.3, -0.25) is 0 Å². The van der Waals surface area contributed by atoms with Gasteiger partial charge < -0.3 is 4.90 Å². The molecule has 1 aliphatic rings. The van der Waals surface area contributed by atoms with Crippen LogP contribution in [0.4, 0.5) is 0 Å². The largest absolute Gasteiger partial charge is 0.375 e. The van der Waals surface area contributed by atoms with Crippen LogP contribution in [-0.2, 0) is 0 Å². The van der Waals surface area contributed by atoms with Gasteiger partial charge in [-0.25, -0.2) is 0 Å². The summed E-state index contributed by atoms with van der Waals surface area (Å²) < 4.78 is 0. The van der Waals surface area contributed by atoms with Crippen LogP contribution in [0.25, 0.3) is 0 Å². The van der Waals surface area contributed by atoms with Crippen LogP contribution in [0.2, 0.25) is 0 Å². The van der Waals surface area contributed by atoms with Crippen LogP contribution in [0.3, 0.4) is 0 Å². The molecule has 1 heteroatoms. The average molecular weight is 193 g/mol. The second-order valence-corrected chi connectivity index (χ2v) is 4.48. The van der Waals surface area contributed by atoms with Crippen LogP contribution in [0.1, 0.15) is 39.5 Å². The van der Waals surface area contributed by atoms with Gasteiger partial charge in [-0.2, -0.15) is 0 Å². The predicted octanol–water partition coefficient (Wildman–Crippen LogP) is 3.59. The molecule has 1 atom stereocenters. The fourth-order valence-corrected chi connectivity index (χ4v) is 1.92. The van der Waals surface area contributed by atoms with Crippen molar-refractivity contribution in [3.8, 4) is 0 Å². The minimum Gasteiger partial charge on any atom is -0.375 e. The Hall–Kier alpha value is -0.720. The maximum absolute atomic E-state index is 4.05. The second-order valence-electron chi connectivity index (χ2n) is 4.48. The SMILES string of the molecule is C=C(C)N1CCC/C=C\CCC(C)C1. The van der Waals surface area contributed by atoms with Crippen molar-refractivity contribution in [2.45, 2.75) is 39.5 Å². The molecule has 0 radical (unpaired) electrons. The molecular formula is C13H23N. The zero-order valence-corrected chi connectivity index (χ0v) is 9.63. The fourth-order valence-electron chi connectivity index (χ4n) is 1.92. The molecule has 0 amide bonds. The summed E-state index contributed by atoms with van der Waals surface area (Å²) in [7, 11) is 0.